The maximum atomic E-state index is 12.3. The van der Waals surface area contributed by atoms with E-state index in [0.29, 0.717) is 0 Å². The van der Waals surface area contributed by atoms with Crippen molar-refractivity contribution in [3.8, 4) is 0 Å². The normalized spacial score (nSPS) is 22.0. The van der Waals surface area contributed by atoms with Crippen LogP contribution in [-0.2, 0) is 4.79 Å². The number of Topliss-reactive ketones (excluding diaryl/α,β-unsaturated/α-hetero) is 2. The van der Waals surface area contributed by atoms with Crippen molar-refractivity contribution in [2.45, 2.75) is 26.4 Å². The molecule has 1 aromatic carbocycles. The standard InChI is InChI=1S/C16H19BO5/c1-16(2)8-11(17(21)22)13(12(18)9-16)15(20)14(19)10-6-4-3-5-7-10/h3-8,13,15,20-22H,9H2,1-2H3. The summed E-state index contributed by atoms with van der Waals surface area (Å²) in [5, 5.41) is 29.3. The second-order valence-corrected chi connectivity index (χ2v) is 6.30. The van der Waals surface area contributed by atoms with E-state index in [4.69, 9.17) is 0 Å². The predicted molar refractivity (Wildman–Crippen MR) is 81.9 cm³/mol. The third-order valence-electron chi connectivity index (χ3n) is 3.83. The van der Waals surface area contributed by atoms with Crippen LogP contribution in [0.25, 0.3) is 0 Å². The molecule has 0 fully saturated rings. The minimum Gasteiger partial charge on any atom is -0.423 e. The fraction of sp³-hybridized carbons (Fsp3) is 0.375. The lowest BCUT2D eigenvalue weighted by molar-refractivity contribution is -0.126. The Morgan fingerprint density at radius 1 is 1.27 bits per heavy atom. The molecule has 0 heterocycles. The molecule has 6 heteroatoms. The summed E-state index contributed by atoms with van der Waals surface area (Å²) >= 11 is 0. The van der Waals surface area contributed by atoms with E-state index in [2.05, 4.69) is 0 Å². The van der Waals surface area contributed by atoms with Gasteiger partial charge in [0.2, 0.25) is 0 Å². The van der Waals surface area contributed by atoms with Crippen molar-refractivity contribution < 1.29 is 24.7 Å². The number of allylic oxidation sites excluding steroid dienone is 1. The minimum absolute atomic E-state index is 0.0157. The van der Waals surface area contributed by atoms with Crippen LogP contribution in [0.4, 0.5) is 0 Å². The van der Waals surface area contributed by atoms with Crippen molar-refractivity contribution in [2.24, 2.45) is 11.3 Å². The SMILES string of the molecule is CC1(C)C=C(B(O)O)C(C(O)C(=O)c2ccccc2)C(=O)C1. The van der Waals surface area contributed by atoms with Gasteiger partial charge in [-0.05, 0) is 10.9 Å². The van der Waals surface area contributed by atoms with Crippen molar-refractivity contribution >= 4 is 18.7 Å². The van der Waals surface area contributed by atoms with Gasteiger partial charge in [-0.1, -0.05) is 50.3 Å². The number of aliphatic hydroxyl groups excluding tert-OH is 1. The molecule has 0 spiro atoms. The highest BCUT2D eigenvalue weighted by Gasteiger charge is 2.44. The monoisotopic (exact) mass is 302 g/mol. The van der Waals surface area contributed by atoms with Gasteiger partial charge in [-0.25, -0.2) is 0 Å². The van der Waals surface area contributed by atoms with E-state index in [0.717, 1.165) is 0 Å². The van der Waals surface area contributed by atoms with Crippen molar-refractivity contribution in [1.29, 1.82) is 0 Å². The fourth-order valence-corrected chi connectivity index (χ4v) is 2.85. The van der Waals surface area contributed by atoms with Crippen LogP contribution in [-0.4, -0.2) is 39.9 Å². The van der Waals surface area contributed by atoms with Crippen molar-refractivity contribution in [2.75, 3.05) is 0 Å². The van der Waals surface area contributed by atoms with Gasteiger partial charge < -0.3 is 15.2 Å². The molecule has 1 aromatic rings. The molecule has 22 heavy (non-hydrogen) atoms. The predicted octanol–water partition coefficient (Wildman–Crippen LogP) is 0.784. The smallest absolute Gasteiger partial charge is 0.423 e. The highest BCUT2D eigenvalue weighted by Crippen LogP contribution is 2.36. The molecule has 0 aromatic heterocycles. The maximum absolute atomic E-state index is 12.3. The second kappa shape index (κ2) is 6.16. The largest absolute Gasteiger partial charge is 0.484 e. The summed E-state index contributed by atoms with van der Waals surface area (Å²) in [5.74, 6) is -2.20. The summed E-state index contributed by atoms with van der Waals surface area (Å²) in [5.41, 5.74) is -0.278. The second-order valence-electron chi connectivity index (χ2n) is 6.30. The Hall–Kier alpha value is -1.76. The van der Waals surface area contributed by atoms with Gasteiger partial charge in [0.15, 0.2) is 5.78 Å². The number of carbonyl (C=O) groups excluding carboxylic acids is 2. The number of hydrogen-bond donors (Lipinski definition) is 3. The van der Waals surface area contributed by atoms with E-state index in [1.54, 1.807) is 50.3 Å². The summed E-state index contributed by atoms with van der Waals surface area (Å²) in [4.78, 5) is 24.7. The third kappa shape index (κ3) is 3.35. The zero-order chi connectivity index (χ0) is 16.5. The highest BCUT2D eigenvalue weighted by molar-refractivity contribution is 6.52. The number of hydrogen-bond acceptors (Lipinski definition) is 5. The molecule has 5 nitrogen and oxygen atoms in total. The Labute approximate surface area is 129 Å². The van der Waals surface area contributed by atoms with Gasteiger partial charge in [-0.2, -0.15) is 0 Å². The first kappa shape index (κ1) is 16.6. The highest BCUT2D eigenvalue weighted by atomic mass is 16.4. The lowest BCUT2D eigenvalue weighted by Gasteiger charge is -2.34. The molecule has 2 unspecified atom stereocenters. The van der Waals surface area contributed by atoms with Crippen LogP contribution in [0.5, 0.6) is 0 Å². The van der Waals surface area contributed by atoms with E-state index >= 15 is 0 Å². The molecule has 2 rings (SSSR count). The molecule has 3 N–H and O–H groups in total. The van der Waals surface area contributed by atoms with Crippen LogP contribution in [0.1, 0.15) is 30.6 Å². The van der Waals surface area contributed by atoms with Gasteiger partial charge in [0.1, 0.15) is 11.9 Å². The molecular formula is C16H19BO5. The van der Waals surface area contributed by atoms with E-state index < -0.39 is 30.3 Å². The van der Waals surface area contributed by atoms with E-state index in [1.807, 2.05) is 0 Å². The van der Waals surface area contributed by atoms with Gasteiger partial charge in [-0.3, -0.25) is 9.59 Å². The van der Waals surface area contributed by atoms with E-state index in [-0.39, 0.29) is 23.2 Å². The Bertz CT molecular complexity index is 606. The average Bonchev–Trinajstić information content (AvgIpc) is 2.45. The first-order chi connectivity index (χ1) is 10.2. The van der Waals surface area contributed by atoms with Crippen molar-refractivity contribution in [3.63, 3.8) is 0 Å². The Morgan fingerprint density at radius 3 is 2.41 bits per heavy atom. The number of rotatable bonds is 4. The Balaban J connectivity index is 2.37. The molecule has 0 radical (unpaired) electrons. The molecule has 1 aliphatic carbocycles. The van der Waals surface area contributed by atoms with Gasteiger partial charge in [0.25, 0.3) is 0 Å². The molecule has 116 valence electrons. The van der Waals surface area contributed by atoms with Crippen molar-refractivity contribution in [3.05, 3.63) is 47.4 Å². The van der Waals surface area contributed by atoms with Crippen LogP contribution in [0.15, 0.2) is 41.9 Å². The van der Waals surface area contributed by atoms with Crippen LogP contribution in [0, 0.1) is 11.3 Å². The maximum Gasteiger partial charge on any atom is 0.484 e. The third-order valence-corrected chi connectivity index (χ3v) is 3.83. The summed E-state index contributed by atoms with van der Waals surface area (Å²) in [6.07, 6.45) is 0.0668. The lowest BCUT2D eigenvalue weighted by Crippen LogP contribution is -2.44. The molecule has 0 saturated heterocycles. The van der Waals surface area contributed by atoms with Gasteiger partial charge >= 0.3 is 7.12 Å². The average molecular weight is 302 g/mol. The Kier molecular flexibility index (Phi) is 4.65. The number of carbonyl (C=O) groups is 2. The van der Waals surface area contributed by atoms with Gasteiger partial charge in [-0.15, -0.1) is 0 Å². The molecule has 0 aliphatic heterocycles. The summed E-state index contributed by atoms with van der Waals surface area (Å²) in [7, 11) is -1.88. The summed E-state index contributed by atoms with van der Waals surface area (Å²) in [6, 6.07) is 8.14. The van der Waals surface area contributed by atoms with Crippen LogP contribution >= 0.6 is 0 Å². The summed E-state index contributed by atoms with van der Waals surface area (Å²) in [6.45, 7) is 3.57. The first-order valence-corrected chi connectivity index (χ1v) is 7.12. The van der Waals surface area contributed by atoms with E-state index in [9.17, 15) is 24.7 Å². The molecule has 0 saturated carbocycles. The molecule has 2 atom stereocenters. The number of ketones is 2. The lowest BCUT2D eigenvalue weighted by atomic mass is 9.60. The van der Waals surface area contributed by atoms with Crippen LogP contribution in [0.2, 0.25) is 0 Å². The minimum atomic E-state index is -1.88. The van der Waals surface area contributed by atoms with E-state index in [1.165, 1.54) is 0 Å². The number of aliphatic hydroxyl groups is 1. The first-order valence-electron chi connectivity index (χ1n) is 7.12. The molecule has 0 bridgehead atoms. The van der Waals surface area contributed by atoms with Gasteiger partial charge in [0, 0.05) is 12.0 Å². The quantitative estimate of drug-likeness (QED) is 0.564. The zero-order valence-electron chi connectivity index (χ0n) is 12.6. The van der Waals surface area contributed by atoms with Crippen molar-refractivity contribution in [1.82, 2.24) is 0 Å². The van der Waals surface area contributed by atoms with Crippen LogP contribution in [0.3, 0.4) is 0 Å². The molecule has 1 aliphatic rings. The Morgan fingerprint density at radius 2 is 1.86 bits per heavy atom. The topological polar surface area (TPSA) is 94.8 Å². The molecular weight excluding hydrogens is 283 g/mol. The summed E-state index contributed by atoms with van der Waals surface area (Å²) < 4.78 is 0. The van der Waals surface area contributed by atoms with Crippen LogP contribution < -0.4 is 0 Å². The number of benzene rings is 1. The molecule has 0 amide bonds. The zero-order valence-corrected chi connectivity index (χ0v) is 12.6. The fourth-order valence-electron chi connectivity index (χ4n) is 2.85. The van der Waals surface area contributed by atoms with Gasteiger partial charge in [0.05, 0.1) is 5.92 Å².